The zero-order valence-electron chi connectivity index (χ0n) is 10.9. The number of hydrogen-bond donors (Lipinski definition) is 2. The van der Waals surface area contributed by atoms with Gasteiger partial charge in [0.2, 0.25) is 5.91 Å². The van der Waals surface area contributed by atoms with Crippen LogP contribution in [0.2, 0.25) is 0 Å². The summed E-state index contributed by atoms with van der Waals surface area (Å²) < 4.78 is 0. The maximum absolute atomic E-state index is 12.1. The standard InChI is InChI=1S/C14H20N2O2/c1-10(9-17)16(2)14(18)7-11-8-15-13-6-4-3-5-12(11)13/h3-6,10-11,15,17H,7-9H2,1-2H3. The van der Waals surface area contributed by atoms with Crippen LogP contribution in [-0.4, -0.2) is 42.2 Å². The molecule has 0 spiro atoms. The van der Waals surface area contributed by atoms with Gasteiger partial charge in [-0.3, -0.25) is 4.79 Å². The second-order valence-corrected chi connectivity index (χ2v) is 4.91. The van der Waals surface area contributed by atoms with Gasteiger partial charge < -0.3 is 15.3 Å². The molecule has 2 rings (SSSR count). The van der Waals surface area contributed by atoms with Crippen molar-refractivity contribution in [3.63, 3.8) is 0 Å². The third kappa shape index (κ3) is 2.48. The molecular weight excluding hydrogens is 228 g/mol. The highest BCUT2D eigenvalue weighted by molar-refractivity contribution is 5.78. The SMILES string of the molecule is CC(CO)N(C)C(=O)CC1CNc2ccccc21. The molecule has 4 nitrogen and oxygen atoms in total. The first kappa shape index (κ1) is 12.9. The van der Waals surface area contributed by atoms with Crippen LogP contribution in [0.4, 0.5) is 5.69 Å². The molecule has 2 N–H and O–H groups in total. The van der Waals surface area contributed by atoms with Crippen LogP contribution in [0.5, 0.6) is 0 Å². The van der Waals surface area contributed by atoms with Gasteiger partial charge in [0.1, 0.15) is 0 Å². The van der Waals surface area contributed by atoms with E-state index in [1.165, 1.54) is 5.56 Å². The molecule has 98 valence electrons. The van der Waals surface area contributed by atoms with Crippen LogP contribution in [0.15, 0.2) is 24.3 Å². The molecule has 0 saturated carbocycles. The monoisotopic (exact) mass is 248 g/mol. The zero-order chi connectivity index (χ0) is 13.1. The summed E-state index contributed by atoms with van der Waals surface area (Å²) >= 11 is 0. The number of hydrogen-bond acceptors (Lipinski definition) is 3. The number of rotatable bonds is 4. The molecule has 18 heavy (non-hydrogen) atoms. The Balaban J connectivity index is 2.02. The van der Waals surface area contributed by atoms with Crippen molar-refractivity contribution in [2.24, 2.45) is 0 Å². The summed E-state index contributed by atoms with van der Waals surface area (Å²) in [5, 5.41) is 12.4. The quantitative estimate of drug-likeness (QED) is 0.847. The van der Waals surface area contributed by atoms with Gasteiger partial charge in [0.15, 0.2) is 0 Å². The normalized spacial score (nSPS) is 18.9. The predicted octanol–water partition coefficient (Wildman–Crippen LogP) is 1.42. The predicted molar refractivity (Wildman–Crippen MR) is 71.6 cm³/mol. The maximum atomic E-state index is 12.1. The molecule has 0 radical (unpaired) electrons. The number of para-hydroxylation sites is 1. The van der Waals surface area contributed by atoms with E-state index in [0.717, 1.165) is 12.2 Å². The number of fused-ring (bicyclic) bond motifs is 1. The molecule has 4 heteroatoms. The van der Waals surface area contributed by atoms with Gasteiger partial charge in [-0.05, 0) is 18.6 Å². The molecule has 1 aliphatic heterocycles. The Bertz CT molecular complexity index is 434. The Morgan fingerprint density at radius 3 is 3.00 bits per heavy atom. The highest BCUT2D eigenvalue weighted by Gasteiger charge is 2.26. The first-order valence-corrected chi connectivity index (χ1v) is 6.32. The van der Waals surface area contributed by atoms with Crippen LogP contribution in [0.1, 0.15) is 24.8 Å². The van der Waals surface area contributed by atoms with Gasteiger partial charge in [-0.15, -0.1) is 0 Å². The van der Waals surface area contributed by atoms with Gasteiger partial charge in [0, 0.05) is 31.6 Å². The first-order chi connectivity index (χ1) is 8.63. The summed E-state index contributed by atoms with van der Waals surface area (Å²) in [6.07, 6.45) is 0.491. The second-order valence-electron chi connectivity index (χ2n) is 4.91. The lowest BCUT2D eigenvalue weighted by atomic mass is 9.97. The maximum Gasteiger partial charge on any atom is 0.223 e. The number of carbonyl (C=O) groups is 1. The van der Waals surface area contributed by atoms with Crippen LogP contribution in [0.25, 0.3) is 0 Å². The minimum Gasteiger partial charge on any atom is -0.394 e. The lowest BCUT2D eigenvalue weighted by molar-refractivity contribution is -0.132. The van der Waals surface area contributed by atoms with Gasteiger partial charge in [0.05, 0.1) is 12.6 Å². The van der Waals surface area contributed by atoms with Crippen molar-refractivity contribution in [2.75, 3.05) is 25.5 Å². The summed E-state index contributed by atoms with van der Waals surface area (Å²) in [6.45, 7) is 2.66. The molecule has 1 aromatic carbocycles. The lowest BCUT2D eigenvalue weighted by Crippen LogP contribution is -2.38. The lowest BCUT2D eigenvalue weighted by Gasteiger charge is -2.24. The third-order valence-corrected chi connectivity index (χ3v) is 3.68. The van der Waals surface area contributed by atoms with Gasteiger partial charge in [-0.2, -0.15) is 0 Å². The Labute approximate surface area is 108 Å². The fourth-order valence-electron chi connectivity index (χ4n) is 2.26. The van der Waals surface area contributed by atoms with Gasteiger partial charge in [0.25, 0.3) is 0 Å². The number of likely N-dealkylation sites (N-methyl/N-ethyl adjacent to an activating group) is 1. The van der Waals surface area contributed by atoms with E-state index in [1.54, 1.807) is 11.9 Å². The van der Waals surface area contributed by atoms with Crippen molar-refractivity contribution in [1.29, 1.82) is 0 Å². The zero-order valence-corrected chi connectivity index (χ0v) is 10.9. The molecule has 1 heterocycles. The van der Waals surface area contributed by atoms with Gasteiger partial charge >= 0.3 is 0 Å². The number of aliphatic hydroxyl groups is 1. The molecule has 1 aliphatic rings. The molecule has 1 aromatic rings. The van der Waals surface area contributed by atoms with Crippen molar-refractivity contribution in [1.82, 2.24) is 4.90 Å². The average molecular weight is 248 g/mol. The summed E-state index contributed by atoms with van der Waals surface area (Å²) in [7, 11) is 1.75. The van der Waals surface area contributed by atoms with E-state index in [9.17, 15) is 4.79 Å². The smallest absolute Gasteiger partial charge is 0.223 e. The van der Waals surface area contributed by atoms with E-state index in [2.05, 4.69) is 11.4 Å². The number of nitrogens with one attached hydrogen (secondary N) is 1. The minimum atomic E-state index is -0.123. The van der Waals surface area contributed by atoms with Crippen LogP contribution >= 0.6 is 0 Å². The van der Waals surface area contributed by atoms with E-state index in [1.807, 2.05) is 25.1 Å². The van der Waals surface area contributed by atoms with Crippen LogP contribution in [0.3, 0.4) is 0 Å². The number of aliphatic hydroxyl groups excluding tert-OH is 1. The fourth-order valence-corrected chi connectivity index (χ4v) is 2.26. The van der Waals surface area contributed by atoms with Crippen molar-refractivity contribution >= 4 is 11.6 Å². The molecule has 1 amide bonds. The molecule has 0 aliphatic carbocycles. The van der Waals surface area contributed by atoms with Crippen LogP contribution in [-0.2, 0) is 4.79 Å². The molecule has 2 atom stereocenters. The van der Waals surface area contributed by atoms with Crippen LogP contribution < -0.4 is 5.32 Å². The Morgan fingerprint density at radius 2 is 2.28 bits per heavy atom. The average Bonchev–Trinajstić information content (AvgIpc) is 2.80. The van der Waals surface area contributed by atoms with E-state index in [-0.39, 0.29) is 24.5 Å². The van der Waals surface area contributed by atoms with Crippen LogP contribution in [0, 0.1) is 0 Å². The highest BCUT2D eigenvalue weighted by Crippen LogP contribution is 2.33. The Kier molecular flexibility index (Phi) is 3.87. The summed E-state index contributed by atoms with van der Waals surface area (Å²) in [5.74, 6) is 0.321. The summed E-state index contributed by atoms with van der Waals surface area (Å²) in [4.78, 5) is 13.7. The van der Waals surface area contributed by atoms with E-state index in [0.29, 0.717) is 6.42 Å². The largest absolute Gasteiger partial charge is 0.394 e. The highest BCUT2D eigenvalue weighted by atomic mass is 16.3. The van der Waals surface area contributed by atoms with Crippen molar-refractivity contribution < 1.29 is 9.90 Å². The summed E-state index contributed by atoms with van der Waals surface area (Å²) in [6, 6.07) is 7.99. The summed E-state index contributed by atoms with van der Waals surface area (Å²) in [5.41, 5.74) is 2.35. The number of anilines is 1. The fraction of sp³-hybridized carbons (Fsp3) is 0.500. The third-order valence-electron chi connectivity index (χ3n) is 3.68. The van der Waals surface area contributed by atoms with Crippen molar-refractivity contribution in [3.05, 3.63) is 29.8 Å². The Morgan fingerprint density at radius 1 is 1.56 bits per heavy atom. The first-order valence-electron chi connectivity index (χ1n) is 6.32. The van der Waals surface area contributed by atoms with Crippen molar-refractivity contribution in [2.45, 2.75) is 25.3 Å². The van der Waals surface area contributed by atoms with E-state index >= 15 is 0 Å². The molecule has 0 aromatic heterocycles. The van der Waals surface area contributed by atoms with Gasteiger partial charge in [-0.1, -0.05) is 18.2 Å². The van der Waals surface area contributed by atoms with Crippen molar-refractivity contribution in [3.8, 4) is 0 Å². The van der Waals surface area contributed by atoms with E-state index in [4.69, 9.17) is 5.11 Å². The van der Waals surface area contributed by atoms with E-state index < -0.39 is 0 Å². The molecule has 0 fully saturated rings. The molecular formula is C14H20N2O2. The van der Waals surface area contributed by atoms with Gasteiger partial charge in [-0.25, -0.2) is 0 Å². The molecule has 2 unspecified atom stereocenters. The minimum absolute atomic E-state index is 0.00173. The Hall–Kier alpha value is -1.55. The second kappa shape index (κ2) is 5.40. The molecule has 0 bridgehead atoms. The number of nitrogens with zero attached hydrogens (tertiary/aromatic N) is 1. The number of amides is 1. The topological polar surface area (TPSA) is 52.6 Å². The number of carbonyl (C=O) groups excluding carboxylic acids is 1. The molecule has 0 saturated heterocycles. The number of benzene rings is 1.